The predicted octanol–water partition coefficient (Wildman–Crippen LogP) is 4.15. The summed E-state index contributed by atoms with van der Waals surface area (Å²) in [4.78, 5) is 35.9. The molecule has 3 rings (SSSR count). The molecule has 0 spiro atoms. The molecule has 0 bridgehead atoms. The minimum absolute atomic E-state index is 0.0333. The summed E-state index contributed by atoms with van der Waals surface area (Å²) in [6, 6.07) is 9.26. The molecule has 0 saturated carbocycles. The van der Waals surface area contributed by atoms with Gasteiger partial charge in [-0.3, -0.25) is 9.59 Å². The van der Waals surface area contributed by atoms with Crippen LogP contribution in [0.3, 0.4) is 0 Å². The van der Waals surface area contributed by atoms with Gasteiger partial charge in [0.15, 0.2) is 17.2 Å². The molecule has 0 radical (unpaired) electrons. The molecule has 1 amide bonds. The van der Waals surface area contributed by atoms with Crippen LogP contribution < -0.4 is 14.5 Å². The SMILES string of the molecule is CCOC(=O)c1ccc(N2N=C(C(F)(F)F)C(=Cc3ccc(OC(C)=O)c(OC)c3)C2=O)cc1. The highest BCUT2D eigenvalue weighted by atomic mass is 19.4. The smallest absolute Gasteiger partial charge is 0.435 e. The van der Waals surface area contributed by atoms with Crippen LogP contribution in [0.1, 0.15) is 29.8 Å². The van der Waals surface area contributed by atoms with E-state index in [0.717, 1.165) is 6.08 Å². The second kappa shape index (κ2) is 9.77. The van der Waals surface area contributed by atoms with Gasteiger partial charge >= 0.3 is 18.1 Å². The van der Waals surface area contributed by atoms with Crippen LogP contribution in [0.4, 0.5) is 18.9 Å². The zero-order valence-electron chi connectivity index (χ0n) is 18.3. The fourth-order valence-corrected chi connectivity index (χ4v) is 3.06. The van der Waals surface area contributed by atoms with Crippen molar-refractivity contribution in [1.82, 2.24) is 0 Å². The van der Waals surface area contributed by atoms with E-state index < -0.39 is 35.3 Å². The van der Waals surface area contributed by atoms with Crippen molar-refractivity contribution < 1.29 is 41.8 Å². The maximum atomic E-state index is 13.7. The van der Waals surface area contributed by atoms with Gasteiger partial charge in [0.2, 0.25) is 0 Å². The van der Waals surface area contributed by atoms with E-state index in [-0.39, 0.29) is 34.9 Å². The largest absolute Gasteiger partial charge is 0.493 e. The maximum Gasteiger partial charge on any atom is 0.435 e. The molecular formula is C23H19F3N2O6. The molecule has 1 heterocycles. The Kier molecular flexibility index (Phi) is 7.04. The van der Waals surface area contributed by atoms with Gasteiger partial charge in [-0.25, -0.2) is 4.79 Å². The van der Waals surface area contributed by atoms with E-state index >= 15 is 0 Å². The van der Waals surface area contributed by atoms with Gasteiger partial charge in [-0.1, -0.05) is 6.07 Å². The number of carbonyl (C=O) groups excluding carboxylic acids is 3. The number of amides is 1. The molecule has 0 unspecified atom stereocenters. The monoisotopic (exact) mass is 476 g/mol. The number of hydrogen-bond acceptors (Lipinski definition) is 7. The van der Waals surface area contributed by atoms with Crippen molar-refractivity contribution in [2.45, 2.75) is 20.0 Å². The second-order valence-corrected chi connectivity index (χ2v) is 6.89. The molecule has 2 aromatic rings. The Bertz CT molecular complexity index is 1190. The van der Waals surface area contributed by atoms with Crippen molar-refractivity contribution in [2.75, 3.05) is 18.7 Å². The van der Waals surface area contributed by atoms with E-state index in [4.69, 9.17) is 14.2 Å². The molecule has 11 heteroatoms. The van der Waals surface area contributed by atoms with Gasteiger partial charge in [0.1, 0.15) is 0 Å². The van der Waals surface area contributed by atoms with Gasteiger partial charge in [-0.05, 0) is 55.0 Å². The number of hydrogen-bond donors (Lipinski definition) is 0. The van der Waals surface area contributed by atoms with Gasteiger partial charge in [0.05, 0.1) is 30.5 Å². The highest BCUT2D eigenvalue weighted by molar-refractivity contribution is 6.34. The molecule has 0 atom stereocenters. The third-order valence-electron chi connectivity index (χ3n) is 4.52. The van der Waals surface area contributed by atoms with Crippen LogP contribution in [-0.4, -0.2) is 43.5 Å². The topological polar surface area (TPSA) is 94.5 Å². The number of benzene rings is 2. The van der Waals surface area contributed by atoms with Crippen molar-refractivity contribution in [3.8, 4) is 11.5 Å². The van der Waals surface area contributed by atoms with Crippen molar-refractivity contribution in [3.05, 3.63) is 59.2 Å². The van der Waals surface area contributed by atoms with Gasteiger partial charge in [-0.2, -0.15) is 23.3 Å². The van der Waals surface area contributed by atoms with Crippen LogP contribution in [0, 0.1) is 0 Å². The summed E-state index contributed by atoms with van der Waals surface area (Å²) in [6.45, 7) is 2.98. The molecule has 1 aliphatic rings. The summed E-state index contributed by atoms with van der Waals surface area (Å²) in [5, 5.41) is 4.09. The number of hydrazone groups is 1. The van der Waals surface area contributed by atoms with Crippen LogP contribution in [-0.2, 0) is 14.3 Å². The molecular weight excluding hydrogens is 457 g/mol. The summed E-state index contributed by atoms with van der Waals surface area (Å²) in [5.41, 5.74) is -1.68. The summed E-state index contributed by atoms with van der Waals surface area (Å²) < 4.78 is 56.0. The summed E-state index contributed by atoms with van der Waals surface area (Å²) in [5.74, 6) is -2.06. The average molecular weight is 476 g/mol. The third-order valence-corrected chi connectivity index (χ3v) is 4.52. The minimum atomic E-state index is -4.91. The lowest BCUT2D eigenvalue weighted by molar-refractivity contribution is -0.132. The molecule has 2 aromatic carbocycles. The highest BCUT2D eigenvalue weighted by Crippen LogP contribution is 2.34. The van der Waals surface area contributed by atoms with Crippen LogP contribution in [0.5, 0.6) is 11.5 Å². The van der Waals surface area contributed by atoms with Crippen LogP contribution in [0.15, 0.2) is 53.1 Å². The molecule has 0 N–H and O–H groups in total. The molecule has 0 fully saturated rings. The fourth-order valence-electron chi connectivity index (χ4n) is 3.06. The maximum absolute atomic E-state index is 13.7. The van der Waals surface area contributed by atoms with Crippen molar-refractivity contribution >= 4 is 35.3 Å². The van der Waals surface area contributed by atoms with Crippen molar-refractivity contribution in [3.63, 3.8) is 0 Å². The number of esters is 2. The summed E-state index contributed by atoms with van der Waals surface area (Å²) in [6.07, 6.45) is -3.90. The van der Waals surface area contributed by atoms with E-state index in [1.54, 1.807) is 6.92 Å². The Morgan fingerprint density at radius 1 is 1.09 bits per heavy atom. The number of ether oxygens (including phenoxy) is 3. The second-order valence-electron chi connectivity index (χ2n) is 6.89. The first-order valence-electron chi connectivity index (χ1n) is 9.91. The Morgan fingerprint density at radius 2 is 1.76 bits per heavy atom. The predicted molar refractivity (Wildman–Crippen MR) is 116 cm³/mol. The van der Waals surface area contributed by atoms with E-state index in [1.165, 1.54) is 56.5 Å². The van der Waals surface area contributed by atoms with Crippen LogP contribution in [0.25, 0.3) is 6.08 Å². The number of nitrogens with zero attached hydrogens (tertiary/aromatic N) is 2. The molecule has 8 nitrogen and oxygen atoms in total. The highest BCUT2D eigenvalue weighted by Gasteiger charge is 2.46. The zero-order chi connectivity index (χ0) is 25.0. The fraction of sp³-hybridized carbons (Fsp3) is 0.217. The minimum Gasteiger partial charge on any atom is -0.493 e. The molecule has 0 saturated heterocycles. The number of carbonyl (C=O) groups is 3. The summed E-state index contributed by atoms with van der Waals surface area (Å²) >= 11 is 0. The first kappa shape index (κ1) is 24.5. The van der Waals surface area contributed by atoms with Crippen LogP contribution in [0.2, 0.25) is 0 Å². The summed E-state index contributed by atoms with van der Waals surface area (Å²) in [7, 11) is 1.30. The molecule has 34 heavy (non-hydrogen) atoms. The lowest BCUT2D eigenvalue weighted by Gasteiger charge is -2.12. The quantitative estimate of drug-likeness (QED) is 0.353. The third kappa shape index (κ3) is 5.25. The molecule has 0 aliphatic carbocycles. The zero-order valence-corrected chi connectivity index (χ0v) is 18.3. The number of halogens is 3. The Hall–Kier alpha value is -4.15. The Morgan fingerprint density at radius 3 is 2.32 bits per heavy atom. The number of alkyl halides is 3. The standard InChI is InChI=1S/C23H19F3N2O6/c1-4-33-22(31)15-6-8-16(9-7-15)28-21(30)17(20(27-28)23(24,25)26)11-14-5-10-18(34-13(2)29)19(12-14)32-3/h5-12H,4H2,1-3H3. The van der Waals surface area contributed by atoms with Gasteiger partial charge in [0, 0.05) is 6.92 Å². The van der Waals surface area contributed by atoms with Crippen molar-refractivity contribution in [2.24, 2.45) is 5.10 Å². The van der Waals surface area contributed by atoms with E-state index in [1.807, 2.05) is 0 Å². The normalized spacial score (nSPS) is 14.8. The first-order valence-corrected chi connectivity index (χ1v) is 9.91. The number of methoxy groups -OCH3 is 1. The van der Waals surface area contributed by atoms with E-state index in [9.17, 15) is 27.6 Å². The van der Waals surface area contributed by atoms with Gasteiger partial charge in [0.25, 0.3) is 5.91 Å². The first-order chi connectivity index (χ1) is 16.0. The van der Waals surface area contributed by atoms with Gasteiger partial charge < -0.3 is 14.2 Å². The lowest BCUT2D eigenvalue weighted by Crippen LogP contribution is -2.25. The molecule has 1 aliphatic heterocycles. The average Bonchev–Trinajstić information content (AvgIpc) is 3.11. The number of rotatable bonds is 6. The van der Waals surface area contributed by atoms with Crippen LogP contribution >= 0.6 is 0 Å². The van der Waals surface area contributed by atoms with Crippen molar-refractivity contribution in [1.29, 1.82) is 0 Å². The van der Waals surface area contributed by atoms with E-state index in [2.05, 4.69) is 5.10 Å². The van der Waals surface area contributed by atoms with E-state index in [0.29, 0.717) is 5.01 Å². The number of anilines is 1. The molecule has 178 valence electrons. The Balaban J connectivity index is 1.98. The Labute approximate surface area is 192 Å². The lowest BCUT2D eigenvalue weighted by atomic mass is 10.1. The molecule has 0 aromatic heterocycles. The van der Waals surface area contributed by atoms with Gasteiger partial charge in [-0.15, -0.1) is 0 Å².